The van der Waals surface area contributed by atoms with Crippen LogP contribution in [0, 0.1) is 0 Å². The summed E-state index contributed by atoms with van der Waals surface area (Å²) in [6.45, 7) is 3.02. The van der Waals surface area contributed by atoms with Crippen molar-refractivity contribution in [3.05, 3.63) is 41.4 Å². The van der Waals surface area contributed by atoms with Crippen LogP contribution in [0.1, 0.15) is 67.0 Å². The SMILES string of the molecule is COc1ccc(-c2nc(C(=O)NC3CC(OC(=O)N4CCCCC4)C3)c([C@H](C)N)o2)c2ccc(C(F)(F)F)nc12. The first-order chi connectivity index (χ1) is 19.0. The molecule has 0 spiro atoms. The summed E-state index contributed by atoms with van der Waals surface area (Å²) >= 11 is 0. The molecule has 3 aromatic rings. The molecule has 3 heterocycles. The number of likely N-dealkylation sites (tertiary alicyclic amines) is 1. The van der Waals surface area contributed by atoms with Gasteiger partial charge in [0, 0.05) is 42.9 Å². The van der Waals surface area contributed by atoms with Crippen LogP contribution >= 0.6 is 0 Å². The maximum Gasteiger partial charge on any atom is 0.433 e. The normalized spacial score (nSPS) is 20.1. The van der Waals surface area contributed by atoms with Gasteiger partial charge in [-0.2, -0.15) is 13.2 Å². The zero-order valence-corrected chi connectivity index (χ0v) is 22.1. The van der Waals surface area contributed by atoms with Crippen LogP contribution in [0.3, 0.4) is 0 Å². The van der Waals surface area contributed by atoms with E-state index in [0.717, 1.165) is 25.3 Å². The number of carbonyl (C=O) groups excluding carboxylic acids is 2. The molecule has 1 aliphatic carbocycles. The van der Waals surface area contributed by atoms with Crippen molar-refractivity contribution in [2.45, 2.75) is 63.4 Å². The predicted molar refractivity (Wildman–Crippen MR) is 138 cm³/mol. The fourth-order valence-corrected chi connectivity index (χ4v) is 4.95. The van der Waals surface area contributed by atoms with E-state index in [0.29, 0.717) is 36.9 Å². The molecule has 10 nitrogen and oxygen atoms in total. The molecule has 1 aliphatic heterocycles. The number of nitrogens with zero attached hydrogens (tertiary/aromatic N) is 3. The van der Waals surface area contributed by atoms with E-state index in [1.165, 1.54) is 19.2 Å². The Morgan fingerprint density at radius 3 is 2.50 bits per heavy atom. The lowest BCUT2D eigenvalue weighted by molar-refractivity contribution is -0.140. The molecule has 1 saturated carbocycles. The average Bonchev–Trinajstić information content (AvgIpc) is 3.36. The molecule has 1 atom stereocenters. The van der Waals surface area contributed by atoms with Gasteiger partial charge in [0.15, 0.2) is 11.5 Å². The van der Waals surface area contributed by atoms with E-state index < -0.39 is 23.8 Å². The number of fused-ring (bicyclic) bond motifs is 1. The summed E-state index contributed by atoms with van der Waals surface area (Å²) in [6.07, 6.45) is -1.25. The molecule has 2 fully saturated rings. The number of alkyl halides is 3. The first-order valence-corrected chi connectivity index (χ1v) is 13.1. The van der Waals surface area contributed by atoms with Crippen molar-refractivity contribution in [2.24, 2.45) is 5.73 Å². The number of ether oxygens (including phenoxy) is 2. The number of methoxy groups -OCH3 is 1. The number of oxazole rings is 1. The Bertz CT molecular complexity index is 1410. The van der Waals surface area contributed by atoms with E-state index in [2.05, 4.69) is 15.3 Å². The molecule has 3 N–H and O–H groups in total. The Balaban J connectivity index is 1.33. The fraction of sp³-hybridized carbons (Fsp3) is 0.481. The number of hydrogen-bond acceptors (Lipinski definition) is 8. The number of amides is 2. The van der Waals surface area contributed by atoms with Crippen molar-refractivity contribution in [2.75, 3.05) is 20.2 Å². The first-order valence-electron chi connectivity index (χ1n) is 13.1. The van der Waals surface area contributed by atoms with Crippen LogP contribution < -0.4 is 15.8 Å². The molecule has 0 radical (unpaired) electrons. The third kappa shape index (κ3) is 5.55. The minimum atomic E-state index is -4.64. The quantitative estimate of drug-likeness (QED) is 0.438. The van der Waals surface area contributed by atoms with Gasteiger partial charge in [-0.05, 0) is 50.5 Å². The van der Waals surface area contributed by atoms with Gasteiger partial charge in [-0.25, -0.2) is 14.8 Å². The fourth-order valence-electron chi connectivity index (χ4n) is 4.95. The van der Waals surface area contributed by atoms with E-state index in [4.69, 9.17) is 19.6 Å². The highest BCUT2D eigenvalue weighted by Crippen LogP contribution is 2.37. The third-order valence-electron chi connectivity index (χ3n) is 7.15. The standard InChI is InChI=1S/C27H30F3N5O5/c1-14(31)23-22(24(36)32-15-12-16(13-15)39-26(37)35-10-4-3-5-11-35)34-25(40-23)18-6-8-19(38-2)21-17(18)7-9-20(33-21)27(28,29)30/h6-9,14-16H,3-5,10-13,31H2,1-2H3,(H,32,36)/t14-,15?,16?/m0/s1. The summed E-state index contributed by atoms with van der Waals surface area (Å²) in [5.74, 6) is -0.233. The van der Waals surface area contributed by atoms with Gasteiger partial charge in [0.25, 0.3) is 5.91 Å². The van der Waals surface area contributed by atoms with Crippen LogP contribution in [-0.2, 0) is 10.9 Å². The van der Waals surface area contributed by atoms with Crippen LogP contribution in [0.15, 0.2) is 28.7 Å². The lowest BCUT2D eigenvalue weighted by atomic mass is 9.89. The topological polar surface area (TPSA) is 133 Å². The number of halogens is 3. The van der Waals surface area contributed by atoms with Crippen molar-refractivity contribution in [1.82, 2.24) is 20.2 Å². The Kier molecular flexibility index (Phi) is 7.58. The zero-order chi connectivity index (χ0) is 28.6. The van der Waals surface area contributed by atoms with Gasteiger partial charge in [-0.3, -0.25) is 4.79 Å². The van der Waals surface area contributed by atoms with Gasteiger partial charge in [0.05, 0.1) is 13.2 Å². The highest BCUT2D eigenvalue weighted by Gasteiger charge is 2.36. The van der Waals surface area contributed by atoms with Gasteiger partial charge in [-0.15, -0.1) is 0 Å². The summed E-state index contributed by atoms with van der Waals surface area (Å²) in [6, 6.07) is 4.24. The molecule has 40 heavy (non-hydrogen) atoms. The third-order valence-corrected chi connectivity index (χ3v) is 7.15. The smallest absolute Gasteiger partial charge is 0.433 e. The van der Waals surface area contributed by atoms with Gasteiger partial charge in [0.2, 0.25) is 5.89 Å². The van der Waals surface area contributed by atoms with Crippen molar-refractivity contribution < 1.29 is 36.7 Å². The number of piperidine rings is 1. The van der Waals surface area contributed by atoms with Gasteiger partial charge < -0.3 is 29.8 Å². The number of carbonyl (C=O) groups is 2. The van der Waals surface area contributed by atoms with Crippen molar-refractivity contribution >= 4 is 22.9 Å². The average molecular weight is 562 g/mol. The van der Waals surface area contributed by atoms with E-state index in [1.807, 2.05) is 0 Å². The second kappa shape index (κ2) is 11.0. The molecule has 214 valence electrons. The van der Waals surface area contributed by atoms with Crippen molar-refractivity contribution in [3.8, 4) is 17.2 Å². The maximum atomic E-state index is 13.3. The molecule has 2 amide bonds. The molecular formula is C27H30F3N5O5. The molecule has 13 heteroatoms. The van der Waals surface area contributed by atoms with Crippen molar-refractivity contribution in [1.29, 1.82) is 0 Å². The number of benzene rings is 1. The van der Waals surface area contributed by atoms with E-state index in [9.17, 15) is 22.8 Å². The first kappa shape index (κ1) is 27.7. The summed E-state index contributed by atoms with van der Waals surface area (Å²) in [7, 11) is 1.33. The summed E-state index contributed by atoms with van der Waals surface area (Å²) in [4.78, 5) is 35.3. The lowest BCUT2D eigenvalue weighted by Crippen LogP contribution is -2.50. The number of pyridine rings is 1. The summed E-state index contributed by atoms with van der Waals surface area (Å²) < 4.78 is 56.5. The zero-order valence-electron chi connectivity index (χ0n) is 22.1. The van der Waals surface area contributed by atoms with Gasteiger partial charge in [0.1, 0.15) is 23.1 Å². The van der Waals surface area contributed by atoms with Crippen LogP contribution in [0.4, 0.5) is 18.0 Å². The molecule has 2 aliphatic rings. The number of nitrogens with one attached hydrogen (secondary N) is 1. The van der Waals surface area contributed by atoms with Gasteiger partial charge >= 0.3 is 12.3 Å². The minimum absolute atomic E-state index is 0.00797. The summed E-state index contributed by atoms with van der Waals surface area (Å²) in [5.41, 5.74) is 5.26. The maximum absolute atomic E-state index is 13.3. The van der Waals surface area contributed by atoms with E-state index in [1.54, 1.807) is 17.9 Å². The highest BCUT2D eigenvalue weighted by molar-refractivity contribution is 5.98. The minimum Gasteiger partial charge on any atom is -0.494 e. The lowest BCUT2D eigenvalue weighted by Gasteiger charge is -2.36. The predicted octanol–water partition coefficient (Wildman–Crippen LogP) is 4.82. The van der Waals surface area contributed by atoms with Crippen molar-refractivity contribution in [3.63, 3.8) is 0 Å². The van der Waals surface area contributed by atoms with Gasteiger partial charge in [-0.1, -0.05) is 0 Å². The monoisotopic (exact) mass is 561 g/mol. The second-order valence-corrected chi connectivity index (χ2v) is 10.1. The Morgan fingerprint density at radius 2 is 1.85 bits per heavy atom. The summed E-state index contributed by atoms with van der Waals surface area (Å²) in [5, 5.41) is 3.18. The molecule has 1 saturated heterocycles. The molecule has 0 bridgehead atoms. The molecular weight excluding hydrogens is 531 g/mol. The molecule has 1 aromatic carbocycles. The number of aromatic nitrogens is 2. The Morgan fingerprint density at radius 1 is 1.12 bits per heavy atom. The second-order valence-electron chi connectivity index (χ2n) is 10.1. The molecule has 2 aromatic heterocycles. The highest BCUT2D eigenvalue weighted by atomic mass is 19.4. The Labute approximate surface area is 228 Å². The van der Waals surface area contributed by atoms with E-state index >= 15 is 0 Å². The number of nitrogens with two attached hydrogens (primary N) is 1. The van der Waals surface area contributed by atoms with Crippen LogP contribution in [0.2, 0.25) is 0 Å². The molecule has 0 unspecified atom stereocenters. The largest absolute Gasteiger partial charge is 0.494 e. The number of hydrogen-bond donors (Lipinski definition) is 2. The van der Waals surface area contributed by atoms with Crippen LogP contribution in [0.5, 0.6) is 5.75 Å². The molecule has 5 rings (SSSR count). The van der Waals surface area contributed by atoms with Crippen LogP contribution in [0.25, 0.3) is 22.4 Å². The van der Waals surface area contributed by atoms with Crippen LogP contribution in [-0.4, -0.2) is 59.2 Å². The number of rotatable bonds is 6. The van der Waals surface area contributed by atoms with E-state index in [-0.39, 0.29) is 46.9 Å². The Hall–Kier alpha value is -3.87.